The number of carbonyl (C=O) groups is 1. The Labute approximate surface area is 172 Å². The monoisotopic (exact) mass is 452 g/mol. The highest BCUT2D eigenvalue weighted by Crippen LogP contribution is 2.47. The molecular formula is C20H25BrN2O5. The van der Waals surface area contributed by atoms with Gasteiger partial charge in [0.1, 0.15) is 11.6 Å². The van der Waals surface area contributed by atoms with Crippen LogP contribution in [0.3, 0.4) is 0 Å². The molecule has 3 rings (SSSR count). The summed E-state index contributed by atoms with van der Waals surface area (Å²) in [5.41, 5.74) is 0.356. The van der Waals surface area contributed by atoms with E-state index in [1.54, 1.807) is 13.0 Å². The lowest BCUT2D eigenvalue weighted by Gasteiger charge is -2.45. The number of carbonyl (C=O) groups excluding carboxylic acids is 1. The molecule has 2 aliphatic rings. The summed E-state index contributed by atoms with van der Waals surface area (Å²) in [6.45, 7) is 7.54. The van der Waals surface area contributed by atoms with Crippen molar-refractivity contribution in [3.63, 3.8) is 0 Å². The summed E-state index contributed by atoms with van der Waals surface area (Å²) >= 11 is 3.62. The Morgan fingerprint density at radius 1 is 1.36 bits per heavy atom. The van der Waals surface area contributed by atoms with Crippen molar-refractivity contribution in [1.29, 1.82) is 5.26 Å². The minimum Gasteiger partial charge on any atom is -0.466 e. The van der Waals surface area contributed by atoms with Gasteiger partial charge in [0.05, 0.1) is 36.8 Å². The number of halogens is 1. The molecule has 1 saturated heterocycles. The molecule has 8 heteroatoms. The first kappa shape index (κ1) is 21.0. The number of hydrogen-bond acceptors (Lipinski definition) is 6. The maximum atomic E-state index is 12.9. The quantitative estimate of drug-likeness (QED) is 0.503. The van der Waals surface area contributed by atoms with Crippen molar-refractivity contribution in [3.8, 4) is 6.07 Å². The summed E-state index contributed by atoms with van der Waals surface area (Å²) in [4.78, 5) is 24.6. The topological polar surface area (TPSA) is 90.6 Å². The summed E-state index contributed by atoms with van der Waals surface area (Å²) in [5.74, 6) is -1.59. The maximum Gasteiger partial charge on any atom is 0.310 e. The molecule has 0 amide bonds. The molecule has 28 heavy (non-hydrogen) atoms. The molecule has 0 radical (unpaired) electrons. The van der Waals surface area contributed by atoms with Crippen LogP contribution in [-0.4, -0.2) is 35.2 Å². The van der Waals surface area contributed by atoms with Gasteiger partial charge in [-0.2, -0.15) is 5.26 Å². The van der Waals surface area contributed by atoms with Gasteiger partial charge in [0, 0.05) is 12.0 Å². The van der Waals surface area contributed by atoms with E-state index in [2.05, 4.69) is 29.8 Å². The normalized spacial score (nSPS) is 21.9. The minimum absolute atomic E-state index is 0.0409. The van der Waals surface area contributed by atoms with Crippen LogP contribution >= 0.6 is 15.9 Å². The van der Waals surface area contributed by atoms with Gasteiger partial charge in [-0.1, -0.05) is 29.8 Å². The molecule has 0 saturated carbocycles. The van der Waals surface area contributed by atoms with E-state index in [1.807, 2.05) is 6.07 Å². The smallest absolute Gasteiger partial charge is 0.310 e. The summed E-state index contributed by atoms with van der Waals surface area (Å²) in [5, 5.41) is 9.48. The zero-order valence-corrected chi connectivity index (χ0v) is 18.0. The van der Waals surface area contributed by atoms with E-state index in [4.69, 9.17) is 14.2 Å². The molecule has 0 N–H and O–H groups in total. The minimum atomic E-state index is -1.11. The van der Waals surface area contributed by atoms with E-state index in [-0.39, 0.29) is 28.8 Å². The van der Waals surface area contributed by atoms with Gasteiger partial charge in [-0.15, -0.1) is 0 Å². The lowest BCUT2D eigenvalue weighted by atomic mass is 9.83. The van der Waals surface area contributed by atoms with Crippen LogP contribution in [0.25, 0.3) is 0 Å². The number of pyridine rings is 1. The standard InChI is InChI=1S/C20H25BrN2O5/c1-4-19(5-2)11-27-20(28-12-19)15(21)10-23-16(20)7-13(8-17(24)26-6-3)14(9-22)18(23)25/h7,15H,4-6,8,10-12H2,1-3H3. The molecule has 1 fully saturated rings. The first-order chi connectivity index (χ1) is 13.4. The fourth-order valence-electron chi connectivity index (χ4n) is 3.83. The number of esters is 1. The van der Waals surface area contributed by atoms with Gasteiger partial charge in [0.15, 0.2) is 0 Å². The number of fused-ring (bicyclic) bond motifs is 2. The maximum absolute atomic E-state index is 12.9. The van der Waals surface area contributed by atoms with Crippen LogP contribution in [0.5, 0.6) is 0 Å². The molecule has 3 heterocycles. The van der Waals surface area contributed by atoms with Crippen molar-refractivity contribution in [2.45, 2.75) is 57.2 Å². The highest BCUT2D eigenvalue weighted by molar-refractivity contribution is 9.09. The fourth-order valence-corrected chi connectivity index (χ4v) is 4.61. The van der Waals surface area contributed by atoms with E-state index in [0.717, 1.165) is 12.8 Å². The number of ether oxygens (including phenoxy) is 3. The zero-order valence-electron chi connectivity index (χ0n) is 16.4. The molecule has 7 nitrogen and oxygen atoms in total. The van der Waals surface area contributed by atoms with Crippen molar-refractivity contribution < 1.29 is 19.0 Å². The Morgan fingerprint density at radius 2 is 2.00 bits per heavy atom. The highest BCUT2D eigenvalue weighted by Gasteiger charge is 2.54. The van der Waals surface area contributed by atoms with E-state index in [1.165, 1.54) is 4.57 Å². The molecule has 0 aromatic carbocycles. The molecule has 1 aromatic heterocycles. The Kier molecular flexibility index (Phi) is 5.99. The molecule has 2 aliphatic heterocycles. The van der Waals surface area contributed by atoms with Gasteiger partial charge in [0.2, 0.25) is 5.79 Å². The average molecular weight is 453 g/mol. The van der Waals surface area contributed by atoms with Gasteiger partial charge in [0.25, 0.3) is 5.56 Å². The molecule has 1 unspecified atom stereocenters. The Morgan fingerprint density at radius 3 is 2.54 bits per heavy atom. The lowest BCUT2D eigenvalue weighted by Crippen LogP contribution is -2.50. The van der Waals surface area contributed by atoms with Gasteiger partial charge >= 0.3 is 5.97 Å². The number of nitrogens with zero attached hydrogens (tertiary/aromatic N) is 2. The number of nitriles is 1. The van der Waals surface area contributed by atoms with Crippen LogP contribution in [0.2, 0.25) is 0 Å². The SMILES string of the molecule is CCOC(=O)Cc1cc2n(c(=O)c1C#N)CC(Br)C21OCC(CC)(CC)CO1. The van der Waals surface area contributed by atoms with Gasteiger partial charge in [-0.3, -0.25) is 9.59 Å². The predicted molar refractivity (Wildman–Crippen MR) is 105 cm³/mol. The number of alkyl halides is 1. The molecule has 0 aliphatic carbocycles. The lowest BCUT2D eigenvalue weighted by molar-refractivity contribution is -0.309. The Balaban J connectivity index is 2.04. The molecular weight excluding hydrogens is 428 g/mol. The van der Waals surface area contributed by atoms with Crippen LogP contribution in [0.15, 0.2) is 10.9 Å². The number of rotatable bonds is 5. The largest absolute Gasteiger partial charge is 0.466 e. The third-order valence-corrected chi connectivity index (χ3v) is 6.82. The van der Waals surface area contributed by atoms with Crippen LogP contribution in [-0.2, 0) is 37.8 Å². The summed E-state index contributed by atoms with van der Waals surface area (Å²) in [6, 6.07) is 3.62. The summed E-state index contributed by atoms with van der Waals surface area (Å²) in [7, 11) is 0. The average Bonchev–Trinajstić information content (AvgIpc) is 2.96. The summed E-state index contributed by atoms with van der Waals surface area (Å²) in [6.07, 6.45) is 1.72. The van der Waals surface area contributed by atoms with Crippen molar-refractivity contribution in [2.75, 3.05) is 19.8 Å². The first-order valence-electron chi connectivity index (χ1n) is 9.61. The van der Waals surface area contributed by atoms with Crippen molar-refractivity contribution in [3.05, 3.63) is 33.2 Å². The van der Waals surface area contributed by atoms with Crippen molar-refractivity contribution in [1.82, 2.24) is 4.57 Å². The second-order valence-corrected chi connectivity index (χ2v) is 8.46. The van der Waals surface area contributed by atoms with E-state index in [0.29, 0.717) is 31.0 Å². The second-order valence-electron chi connectivity index (χ2n) is 7.36. The Bertz CT molecular complexity index is 859. The van der Waals surface area contributed by atoms with Gasteiger partial charge < -0.3 is 18.8 Å². The summed E-state index contributed by atoms with van der Waals surface area (Å²) < 4.78 is 19.0. The third-order valence-electron chi connectivity index (χ3n) is 5.93. The molecule has 152 valence electrons. The Hall–Kier alpha value is -1.69. The second kappa shape index (κ2) is 7.97. The third kappa shape index (κ3) is 3.30. The fraction of sp³-hybridized carbons (Fsp3) is 0.650. The van der Waals surface area contributed by atoms with E-state index in [9.17, 15) is 14.9 Å². The number of hydrogen-bond donors (Lipinski definition) is 0. The predicted octanol–water partition coefficient (Wildman–Crippen LogP) is 2.61. The molecule has 1 aromatic rings. The molecule has 1 spiro atoms. The van der Waals surface area contributed by atoms with Crippen molar-refractivity contribution in [2.24, 2.45) is 5.41 Å². The van der Waals surface area contributed by atoms with Gasteiger partial charge in [-0.05, 0) is 31.4 Å². The van der Waals surface area contributed by atoms with Gasteiger partial charge in [-0.25, -0.2) is 0 Å². The molecule has 1 atom stereocenters. The zero-order chi connectivity index (χ0) is 20.5. The van der Waals surface area contributed by atoms with Crippen LogP contribution in [0, 0.1) is 16.7 Å². The molecule has 0 bridgehead atoms. The van der Waals surface area contributed by atoms with Crippen LogP contribution < -0.4 is 5.56 Å². The van der Waals surface area contributed by atoms with Crippen LogP contribution in [0.4, 0.5) is 0 Å². The van der Waals surface area contributed by atoms with E-state index >= 15 is 0 Å². The van der Waals surface area contributed by atoms with Crippen LogP contribution in [0.1, 0.15) is 50.4 Å². The number of aromatic nitrogens is 1. The van der Waals surface area contributed by atoms with Crippen molar-refractivity contribution >= 4 is 21.9 Å². The first-order valence-corrected chi connectivity index (χ1v) is 10.5. The highest BCUT2D eigenvalue weighted by atomic mass is 79.9. The van der Waals surface area contributed by atoms with E-state index < -0.39 is 17.3 Å².